The highest BCUT2D eigenvalue weighted by molar-refractivity contribution is 5.79. The van der Waals surface area contributed by atoms with Gasteiger partial charge in [0.05, 0.1) is 19.6 Å². The van der Waals surface area contributed by atoms with E-state index in [2.05, 4.69) is 12.2 Å². The first-order valence-electron chi connectivity index (χ1n) is 7.20. The summed E-state index contributed by atoms with van der Waals surface area (Å²) in [6, 6.07) is 17.7. The first kappa shape index (κ1) is 15.1. The third-order valence-corrected chi connectivity index (χ3v) is 3.47. The normalized spacial score (nSPS) is 11.7. The maximum absolute atomic E-state index is 12.2. The molecule has 1 N–H and O–H groups in total. The second-order valence-corrected chi connectivity index (χ2v) is 4.96. The smallest absolute Gasteiger partial charge is 0.224 e. The van der Waals surface area contributed by atoms with Gasteiger partial charge in [-0.1, -0.05) is 49.4 Å². The highest BCUT2D eigenvalue weighted by Crippen LogP contribution is 2.16. The zero-order valence-corrected chi connectivity index (χ0v) is 12.5. The quantitative estimate of drug-likeness (QED) is 0.881. The average molecular weight is 283 g/mol. The Morgan fingerprint density at radius 2 is 1.76 bits per heavy atom. The van der Waals surface area contributed by atoms with Crippen LogP contribution >= 0.6 is 0 Å². The van der Waals surface area contributed by atoms with Gasteiger partial charge in [0.1, 0.15) is 5.75 Å². The molecule has 0 aromatic heterocycles. The Morgan fingerprint density at radius 3 is 2.33 bits per heavy atom. The Labute approximate surface area is 126 Å². The third-order valence-electron chi connectivity index (χ3n) is 3.47. The van der Waals surface area contributed by atoms with Gasteiger partial charge in [0.2, 0.25) is 5.91 Å². The molecule has 1 amide bonds. The zero-order chi connectivity index (χ0) is 15.1. The first-order valence-corrected chi connectivity index (χ1v) is 7.20. The van der Waals surface area contributed by atoms with Gasteiger partial charge in [0, 0.05) is 0 Å². The van der Waals surface area contributed by atoms with Crippen LogP contribution in [-0.2, 0) is 11.2 Å². The maximum atomic E-state index is 12.2. The Hall–Kier alpha value is -2.29. The lowest BCUT2D eigenvalue weighted by atomic mass is 10.0. The SMILES string of the molecule is CCC(NC(=O)Cc1ccc(OC)cc1)c1ccccc1. The van der Waals surface area contributed by atoms with Crippen LogP contribution in [0, 0.1) is 0 Å². The molecular formula is C18H21NO2. The minimum absolute atomic E-state index is 0.0378. The molecule has 0 saturated carbocycles. The van der Waals surface area contributed by atoms with E-state index in [1.165, 1.54) is 0 Å². The van der Waals surface area contributed by atoms with Crippen LogP contribution in [0.25, 0.3) is 0 Å². The van der Waals surface area contributed by atoms with E-state index < -0.39 is 0 Å². The lowest BCUT2D eigenvalue weighted by Gasteiger charge is -2.17. The Kier molecular flexibility index (Phi) is 5.38. The number of nitrogens with one attached hydrogen (secondary N) is 1. The minimum Gasteiger partial charge on any atom is -0.497 e. The van der Waals surface area contributed by atoms with E-state index in [4.69, 9.17) is 4.74 Å². The van der Waals surface area contributed by atoms with Crippen LogP contribution in [-0.4, -0.2) is 13.0 Å². The molecule has 3 heteroatoms. The van der Waals surface area contributed by atoms with Gasteiger partial charge in [0.25, 0.3) is 0 Å². The molecule has 21 heavy (non-hydrogen) atoms. The number of amides is 1. The lowest BCUT2D eigenvalue weighted by molar-refractivity contribution is -0.121. The van der Waals surface area contributed by atoms with Gasteiger partial charge in [-0.25, -0.2) is 0 Å². The average Bonchev–Trinajstić information content (AvgIpc) is 2.54. The highest BCUT2D eigenvalue weighted by atomic mass is 16.5. The van der Waals surface area contributed by atoms with Gasteiger partial charge in [-0.3, -0.25) is 4.79 Å². The third kappa shape index (κ3) is 4.35. The molecule has 0 aliphatic heterocycles. The molecule has 0 heterocycles. The number of ether oxygens (including phenoxy) is 1. The molecule has 2 rings (SSSR count). The number of hydrogen-bond donors (Lipinski definition) is 1. The van der Waals surface area contributed by atoms with Crippen molar-refractivity contribution in [1.82, 2.24) is 5.32 Å². The Balaban J connectivity index is 1.96. The largest absolute Gasteiger partial charge is 0.497 e. The predicted molar refractivity (Wildman–Crippen MR) is 84.3 cm³/mol. The summed E-state index contributed by atoms with van der Waals surface area (Å²) in [4.78, 5) is 12.2. The number of carbonyl (C=O) groups is 1. The summed E-state index contributed by atoms with van der Waals surface area (Å²) >= 11 is 0. The molecule has 0 aliphatic carbocycles. The molecule has 0 spiro atoms. The van der Waals surface area contributed by atoms with E-state index >= 15 is 0 Å². The van der Waals surface area contributed by atoms with Crippen LogP contribution in [0.3, 0.4) is 0 Å². The topological polar surface area (TPSA) is 38.3 Å². The summed E-state index contributed by atoms with van der Waals surface area (Å²) in [6.45, 7) is 2.07. The van der Waals surface area contributed by atoms with Gasteiger partial charge in [-0.05, 0) is 29.7 Å². The summed E-state index contributed by atoms with van der Waals surface area (Å²) < 4.78 is 5.11. The van der Waals surface area contributed by atoms with Crippen LogP contribution < -0.4 is 10.1 Å². The number of methoxy groups -OCH3 is 1. The van der Waals surface area contributed by atoms with E-state index in [0.29, 0.717) is 6.42 Å². The van der Waals surface area contributed by atoms with E-state index in [1.54, 1.807) is 7.11 Å². The van der Waals surface area contributed by atoms with Crippen molar-refractivity contribution < 1.29 is 9.53 Å². The number of rotatable bonds is 6. The fraction of sp³-hybridized carbons (Fsp3) is 0.278. The molecule has 110 valence electrons. The van der Waals surface area contributed by atoms with Gasteiger partial charge in [-0.2, -0.15) is 0 Å². The van der Waals surface area contributed by atoms with Crippen molar-refractivity contribution in [2.24, 2.45) is 0 Å². The Bertz CT molecular complexity index is 564. The van der Waals surface area contributed by atoms with Crippen molar-refractivity contribution in [3.05, 3.63) is 65.7 Å². The van der Waals surface area contributed by atoms with Gasteiger partial charge >= 0.3 is 0 Å². The summed E-state index contributed by atoms with van der Waals surface area (Å²) in [5.74, 6) is 0.839. The van der Waals surface area contributed by atoms with Crippen molar-refractivity contribution >= 4 is 5.91 Å². The Morgan fingerprint density at radius 1 is 1.10 bits per heavy atom. The molecule has 2 aromatic carbocycles. The van der Waals surface area contributed by atoms with E-state index in [9.17, 15) is 4.79 Å². The van der Waals surface area contributed by atoms with Crippen molar-refractivity contribution in [3.63, 3.8) is 0 Å². The maximum Gasteiger partial charge on any atom is 0.224 e. The van der Waals surface area contributed by atoms with E-state index in [1.807, 2.05) is 54.6 Å². The molecule has 0 saturated heterocycles. The summed E-state index contributed by atoms with van der Waals surface area (Å²) in [7, 11) is 1.63. The van der Waals surface area contributed by atoms with Crippen molar-refractivity contribution in [2.75, 3.05) is 7.11 Å². The van der Waals surface area contributed by atoms with Crippen LogP contribution in [0.1, 0.15) is 30.5 Å². The summed E-state index contributed by atoms with van der Waals surface area (Å²) in [6.07, 6.45) is 1.26. The molecular weight excluding hydrogens is 262 g/mol. The number of hydrogen-bond acceptors (Lipinski definition) is 2. The minimum atomic E-state index is 0.0378. The second-order valence-electron chi connectivity index (χ2n) is 4.96. The standard InChI is InChI=1S/C18H21NO2/c1-3-17(15-7-5-4-6-8-15)19-18(20)13-14-9-11-16(21-2)12-10-14/h4-12,17H,3,13H2,1-2H3,(H,19,20). The highest BCUT2D eigenvalue weighted by Gasteiger charge is 2.12. The van der Waals surface area contributed by atoms with Crippen LogP contribution in [0.4, 0.5) is 0 Å². The second kappa shape index (κ2) is 7.48. The fourth-order valence-corrected chi connectivity index (χ4v) is 2.28. The van der Waals surface area contributed by atoms with Gasteiger partial charge in [-0.15, -0.1) is 0 Å². The van der Waals surface area contributed by atoms with Crippen LogP contribution in [0.5, 0.6) is 5.75 Å². The van der Waals surface area contributed by atoms with E-state index in [-0.39, 0.29) is 11.9 Å². The molecule has 1 unspecified atom stereocenters. The van der Waals surface area contributed by atoms with Crippen molar-refractivity contribution in [3.8, 4) is 5.75 Å². The van der Waals surface area contributed by atoms with Crippen LogP contribution in [0.15, 0.2) is 54.6 Å². The zero-order valence-electron chi connectivity index (χ0n) is 12.5. The van der Waals surface area contributed by atoms with Gasteiger partial charge in [0.15, 0.2) is 0 Å². The fourth-order valence-electron chi connectivity index (χ4n) is 2.28. The number of carbonyl (C=O) groups excluding carboxylic acids is 1. The molecule has 3 nitrogen and oxygen atoms in total. The van der Waals surface area contributed by atoms with E-state index in [0.717, 1.165) is 23.3 Å². The molecule has 0 radical (unpaired) electrons. The molecule has 2 aromatic rings. The molecule has 0 bridgehead atoms. The predicted octanol–water partition coefficient (Wildman–Crippen LogP) is 3.51. The monoisotopic (exact) mass is 283 g/mol. The first-order chi connectivity index (χ1) is 10.2. The van der Waals surface area contributed by atoms with Crippen LogP contribution in [0.2, 0.25) is 0 Å². The lowest BCUT2D eigenvalue weighted by Crippen LogP contribution is -2.29. The number of benzene rings is 2. The molecule has 0 aliphatic rings. The summed E-state index contributed by atoms with van der Waals surface area (Å²) in [5.41, 5.74) is 2.12. The molecule has 0 fully saturated rings. The summed E-state index contributed by atoms with van der Waals surface area (Å²) in [5, 5.41) is 3.09. The van der Waals surface area contributed by atoms with Crippen molar-refractivity contribution in [1.29, 1.82) is 0 Å². The molecule has 1 atom stereocenters. The van der Waals surface area contributed by atoms with Gasteiger partial charge < -0.3 is 10.1 Å². The van der Waals surface area contributed by atoms with Crippen molar-refractivity contribution in [2.45, 2.75) is 25.8 Å².